The number of hydrogen-bond donors (Lipinski definition) is 1. The monoisotopic (exact) mass is 231 g/mol. The van der Waals surface area contributed by atoms with Gasteiger partial charge in [-0.1, -0.05) is 31.0 Å². The summed E-state index contributed by atoms with van der Waals surface area (Å²) in [6.45, 7) is 0.800. The smallest absolute Gasteiger partial charge is 0.122 e. The molecule has 0 spiro atoms. The van der Waals surface area contributed by atoms with Crippen molar-refractivity contribution in [2.24, 2.45) is 17.6 Å². The van der Waals surface area contributed by atoms with Crippen molar-refractivity contribution in [3.63, 3.8) is 0 Å². The van der Waals surface area contributed by atoms with Crippen LogP contribution in [0.3, 0.4) is 0 Å². The Bertz CT molecular complexity index is 384. The lowest BCUT2D eigenvalue weighted by Crippen LogP contribution is -2.42. The van der Waals surface area contributed by atoms with E-state index >= 15 is 0 Å². The Kier molecular flexibility index (Phi) is 3.06. The van der Waals surface area contributed by atoms with E-state index in [4.69, 9.17) is 10.5 Å². The van der Waals surface area contributed by atoms with Gasteiger partial charge in [0.05, 0.1) is 6.61 Å². The molecule has 3 rings (SSSR count). The van der Waals surface area contributed by atoms with Crippen LogP contribution in [-0.4, -0.2) is 12.6 Å². The maximum atomic E-state index is 6.43. The fourth-order valence-corrected chi connectivity index (χ4v) is 3.33. The molecule has 2 unspecified atom stereocenters. The van der Waals surface area contributed by atoms with Crippen LogP contribution in [0.2, 0.25) is 0 Å². The summed E-state index contributed by atoms with van der Waals surface area (Å²) in [5, 5.41) is 0. The standard InChI is InChI=1S/C15H21NO/c16-15(11-5-1-2-6-11)13-9-12-7-3-4-8-14(12)17-10-13/h3-4,7-8,11,13,15H,1-2,5-6,9-10,16H2. The first kappa shape index (κ1) is 11.1. The molecule has 2 N–H and O–H groups in total. The number of hydrogen-bond acceptors (Lipinski definition) is 2. The van der Waals surface area contributed by atoms with Gasteiger partial charge in [0.25, 0.3) is 0 Å². The molecule has 1 aromatic carbocycles. The number of nitrogens with two attached hydrogens (primary N) is 1. The van der Waals surface area contributed by atoms with Crippen LogP contribution >= 0.6 is 0 Å². The van der Waals surface area contributed by atoms with E-state index in [0.717, 1.165) is 24.7 Å². The average Bonchev–Trinajstić information content (AvgIpc) is 2.91. The summed E-state index contributed by atoms with van der Waals surface area (Å²) in [6.07, 6.45) is 6.46. The zero-order chi connectivity index (χ0) is 11.7. The topological polar surface area (TPSA) is 35.2 Å². The molecule has 1 aliphatic carbocycles. The van der Waals surface area contributed by atoms with Crippen LogP contribution in [0.4, 0.5) is 0 Å². The largest absolute Gasteiger partial charge is 0.493 e. The van der Waals surface area contributed by atoms with Gasteiger partial charge in [0.2, 0.25) is 0 Å². The van der Waals surface area contributed by atoms with Crippen molar-refractivity contribution in [2.75, 3.05) is 6.61 Å². The predicted octanol–water partition coefficient (Wildman–Crippen LogP) is 2.76. The third-order valence-corrected chi connectivity index (χ3v) is 4.40. The Balaban J connectivity index is 1.70. The summed E-state index contributed by atoms with van der Waals surface area (Å²) in [5.41, 5.74) is 7.76. The Morgan fingerprint density at radius 1 is 1.12 bits per heavy atom. The van der Waals surface area contributed by atoms with Gasteiger partial charge >= 0.3 is 0 Å². The molecule has 17 heavy (non-hydrogen) atoms. The van der Waals surface area contributed by atoms with Gasteiger partial charge in [0.1, 0.15) is 5.75 Å². The summed E-state index contributed by atoms with van der Waals surface area (Å²) in [6, 6.07) is 8.68. The van der Waals surface area contributed by atoms with Crippen LogP contribution in [0.5, 0.6) is 5.75 Å². The number of fused-ring (bicyclic) bond motifs is 1. The van der Waals surface area contributed by atoms with Gasteiger partial charge in [0, 0.05) is 12.0 Å². The Hall–Kier alpha value is -1.02. The van der Waals surface area contributed by atoms with Crippen LogP contribution in [0.1, 0.15) is 31.2 Å². The Labute approximate surface area is 103 Å². The summed E-state index contributed by atoms with van der Waals surface area (Å²) in [4.78, 5) is 0. The minimum Gasteiger partial charge on any atom is -0.493 e. The summed E-state index contributed by atoms with van der Waals surface area (Å²) >= 11 is 0. The third kappa shape index (κ3) is 2.19. The highest BCUT2D eigenvalue weighted by Gasteiger charge is 2.31. The molecule has 2 atom stereocenters. The normalized spacial score (nSPS) is 26.3. The Morgan fingerprint density at radius 3 is 2.71 bits per heavy atom. The van der Waals surface area contributed by atoms with Crippen molar-refractivity contribution in [1.29, 1.82) is 0 Å². The molecule has 1 fully saturated rings. The van der Waals surface area contributed by atoms with E-state index in [0.29, 0.717) is 12.0 Å². The highest BCUT2D eigenvalue weighted by molar-refractivity contribution is 5.35. The van der Waals surface area contributed by atoms with E-state index in [2.05, 4.69) is 18.2 Å². The molecule has 0 amide bonds. The van der Waals surface area contributed by atoms with Gasteiger partial charge in [-0.15, -0.1) is 0 Å². The van der Waals surface area contributed by atoms with Crippen molar-refractivity contribution >= 4 is 0 Å². The van der Waals surface area contributed by atoms with Crippen LogP contribution in [-0.2, 0) is 6.42 Å². The van der Waals surface area contributed by atoms with Gasteiger partial charge in [0.15, 0.2) is 0 Å². The van der Waals surface area contributed by atoms with E-state index < -0.39 is 0 Å². The molecular formula is C15H21NO. The molecule has 92 valence electrons. The SMILES string of the molecule is NC(C1CCCC1)C1COc2ccccc2C1. The van der Waals surface area contributed by atoms with Gasteiger partial charge in [-0.3, -0.25) is 0 Å². The number of benzene rings is 1. The summed E-state index contributed by atoms with van der Waals surface area (Å²) < 4.78 is 5.84. The van der Waals surface area contributed by atoms with Crippen molar-refractivity contribution in [1.82, 2.24) is 0 Å². The highest BCUT2D eigenvalue weighted by atomic mass is 16.5. The zero-order valence-electron chi connectivity index (χ0n) is 10.3. The van der Waals surface area contributed by atoms with Crippen LogP contribution in [0.15, 0.2) is 24.3 Å². The molecule has 1 aromatic rings. The van der Waals surface area contributed by atoms with Crippen molar-refractivity contribution in [3.05, 3.63) is 29.8 Å². The van der Waals surface area contributed by atoms with E-state index in [-0.39, 0.29) is 0 Å². The first-order valence-corrected chi connectivity index (χ1v) is 6.81. The molecule has 0 saturated heterocycles. The molecule has 1 aliphatic heterocycles. The van der Waals surface area contributed by atoms with E-state index in [9.17, 15) is 0 Å². The minimum absolute atomic E-state index is 0.325. The first-order chi connectivity index (χ1) is 8.34. The van der Waals surface area contributed by atoms with Gasteiger partial charge in [-0.05, 0) is 36.8 Å². The quantitative estimate of drug-likeness (QED) is 0.849. The third-order valence-electron chi connectivity index (χ3n) is 4.40. The molecular weight excluding hydrogens is 210 g/mol. The fourth-order valence-electron chi connectivity index (χ4n) is 3.33. The maximum Gasteiger partial charge on any atom is 0.122 e. The van der Waals surface area contributed by atoms with Crippen LogP contribution in [0, 0.1) is 11.8 Å². The van der Waals surface area contributed by atoms with Crippen molar-refractivity contribution in [2.45, 2.75) is 38.1 Å². The molecule has 1 heterocycles. The summed E-state index contributed by atoms with van der Waals surface area (Å²) in [5.74, 6) is 2.30. The molecule has 1 saturated carbocycles. The summed E-state index contributed by atoms with van der Waals surface area (Å²) in [7, 11) is 0. The van der Waals surface area contributed by atoms with E-state index in [1.54, 1.807) is 0 Å². The second-order valence-electron chi connectivity index (χ2n) is 5.50. The molecule has 0 aromatic heterocycles. The lowest BCUT2D eigenvalue weighted by Gasteiger charge is -2.32. The van der Waals surface area contributed by atoms with Gasteiger partial charge in [-0.2, -0.15) is 0 Å². The average molecular weight is 231 g/mol. The molecule has 2 nitrogen and oxygen atoms in total. The second kappa shape index (κ2) is 4.69. The van der Waals surface area contributed by atoms with Gasteiger partial charge < -0.3 is 10.5 Å². The molecule has 2 aliphatic rings. The van der Waals surface area contributed by atoms with E-state index in [1.807, 2.05) is 6.07 Å². The van der Waals surface area contributed by atoms with Gasteiger partial charge in [-0.25, -0.2) is 0 Å². The second-order valence-corrected chi connectivity index (χ2v) is 5.50. The van der Waals surface area contributed by atoms with Crippen LogP contribution < -0.4 is 10.5 Å². The number of ether oxygens (including phenoxy) is 1. The van der Waals surface area contributed by atoms with E-state index in [1.165, 1.54) is 31.2 Å². The Morgan fingerprint density at radius 2 is 1.88 bits per heavy atom. The van der Waals surface area contributed by atoms with Crippen molar-refractivity contribution < 1.29 is 4.74 Å². The van der Waals surface area contributed by atoms with Crippen LogP contribution in [0.25, 0.3) is 0 Å². The lowest BCUT2D eigenvalue weighted by atomic mass is 9.83. The maximum absolute atomic E-state index is 6.43. The van der Waals surface area contributed by atoms with Crippen molar-refractivity contribution in [3.8, 4) is 5.75 Å². The fraction of sp³-hybridized carbons (Fsp3) is 0.600. The molecule has 0 radical (unpaired) electrons. The molecule has 0 bridgehead atoms. The number of rotatable bonds is 2. The minimum atomic E-state index is 0.325. The first-order valence-electron chi connectivity index (χ1n) is 6.81. The zero-order valence-corrected chi connectivity index (χ0v) is 10.3. The predicted molar refractivity (Wildman–Crippen MR) is 69.1 cm³/mol. The number of para-hydroxylation sites is 1. The lowest BCUT2D eigenvalue weighted by molar-refractivity contribution is 0.174. The highest BCUT2D eigenvalue weighted by Crippen LogP contribution is 2.34. The molecule has 2 heteroatoms.